The number of benzene rings is 1. The first kappa shape index (κ1) is 19.8. The minimum absolute atomic E-state index is 0. The topological polar surface area (TPSA) is 35.5 Å². The van der Waals surface area contributed by atoms with E-state index in [1.165, 1.54) is 0 Å². The number of rotatable bonds is 3. The van der Waals surface area contributed by atoms with Gasteiger partial charge in [0.2, 0.25) is 0 Å². The predicted molar refractivity (Wildman–Crippen MR) is 53.2 cm³/mol. The van der Waals surface area contributed by atoms with Gasteiger partial charge in [-0.2, -0.15) is 0 Å². The van der Waals surface area contributed by atoms with Gasteiger partial charge in [0.15, 0.2) is 0 Å². The molecule has 0 aliphatic rings. The molecule has 0 heterocycles. The first-order chi connectivity index (χ1) is 8.53. The zero-order chi connectivity index (χ0) is 14.8. The van der Waals surface area contributed by atoms with Crippen molar-refractivity contribution >= 4 is 18.4 Å². The first-order valence-electron chi connectivity index (χ1n) is 4.72. The molecule has 0 aliphatic carbocycles. The fraction of sp³-hybridized carbons (Fsp3) is 0.222. The molecule has 0 aliphatic heterocycles. The van der Waals surface area contributed by atoms with Crippen LogP contribution in [-0.2, 0) is 4.74 Å². The minimum atomic E-state index is -5.58. The van der Waals surface area contributed by atoms with E-state index in [0.717, 1.165) is 7.11 Å². The molecule has 1 aromatic rings. The Bertz CT molecular complexity index is 488. The van der Waals surface area contributed by atoms with E-state index in [2.05, 4.69) is 9.47 Å². The Kier molecular flexibility index (Phi) is 7.08. The van der Waals surface area contributed by atoms with Crippen LogP contribution in [0.1, 0.15) is 10.4 Å². The molecule has 0 spiro atoms. The number of ether oxygens (including phenoxy) is 2. The SMILES string of the molecule is COC(=O)c1cc(OC(F)(F)F)cc([B-](F)(F)F)c1.[K+]. The van der Waals surface area contributed by atoms with Crippen LogP contribution in [0, 0.1) is 0 Å². The Labute approximate surface area is 152 Å². The standard InChI is InChI=1S/C9H6BF6O3.K/c1-18-8(17)5-2-6(10(14,15)16)4-7(3-5)19-9(11,12)13;/h2-4H,1H3;/q-1;+1. The van der Waals surface area contributed by atoms with Crippen LogP contribution in [0.25, 0.3) is 0 Å². The summed E-state index contributed by atoms with van der Waals surface area (Å²) >= 11 is 0. The van der Waals surface area contributed by atoms with Crippen molar-refractivity contribution in [3.63, 3.8) is 0 Å². The predicted octanol–water partition coefficient (Wildman–Crippen LogP) is -0.570. The van der Waals surface area contributed by atoms with Crippen LogP contribution in [0.5, 0.6) is 5.75 Å². The average molecular weight is 326 g/mol. The van der Waals surface area contributed by atoms with Crippen molar-refractivity contribution in [2.24, 2.45) is 0 Å². The molecule has 11 heteroatoms. The van der Waals surface area contributed by atoms with E-state index >= 15 is 0 Å². The maximum Gasteiger partial charge on any atom is 1.00 e. The summed E-state index contributed by atoms with van der Waals surface area (Å²) in [6, 6.07) is 1.08. The van der Waals surface area contributed by atoms with Gasteiger partial charge in [0.1, 0.15) is 5.75 Å². The van der Waals surface area contributed by atoms with E-state index in [9.17, 15) is 30.9 Å². The third-order valence-corrected chi connectivity index (χ3v) is 1.96. The van der Waals surface area contributed by atoms with Crippen LogP contribution in [0.3, 0.4) is 0 Å². The van der Waals surface area contributed by atoms with Crippen molar-refractivity contribution < 1.29 is 91.8 Å². The van der Waals surface area contributed by atoms with Crippen molar-refractivity contribution in [2.45, 2.75) is 6.36 Å². The molecule has 0 amide bonds. The van der Waals surface area contributed by atoms with Gasteiger partial charge >= 0.3 is 70.7 Å². The van der Waals surface area contributed by atoms with Crippen molar-refractivity contribution in [1.29, 1.82) is 0 Å². The second kappa shape index (κ2) is 7.16. The summed E-state index contributed by atoms with van der Waals surface area (Å²) in [6.45, 7) is -5.58. The molecular formula is C9H6BF6KO3. The van der Waals surface area contributed by atoms with E-state index in [4.69, 9.17) is 0 Å². The third kappa shape index (κ3) is 6.04. The maximum absolute atomic E-state index is 12.5. The number of carbonyl (C=O) groups is 1. The number of hydrogen-bond donors (Lipinski definition) is 0. The smallest absolute Gasteiger partial charge is 0.465 e. The Morgan fingerprint density at radius 2 is 1.70 bits per heavy atom. The molecule has 0 unspecified atom stereocenters. The van der Waals surface area contributed by atoms with Gasteiger partial charge in [0.25, 0.3) is 0 Å². The van der Waals surface area contributed by atoms with E-state index in [-0.39, 0.29) is 57.5 Å². The van der Waals surface area contributed by atoms with Gasteiger partial charge in [-0.1, -0.05) is 6.07 Å². The summed E-state index contributed by atoms with van der Waals surface area (Å²) in [5.74, 6) is -2.33. The number of halogens is 6. The largest absolute Gasteiger partial charge is 1.00 e. The zero-order valence-electron chi connectivity index (χ0n) is 10.3. The normalized spacial score (nSPS) is 11.6. The number of hydrogen-bond acceptors (Lipinski definition) is 3. The van der Waals surface area contributed by atoms with Crippen LogP contribution in [0.2, 0.25) is 0 Å². The second-order valence-electron chi connectivity index (χ2n) is 3.40. The van der Waals surface area contributed by atoms with Gasteiger partial charge < -0.3 is 22.4 Å². The average Bonchev–Trinajstić information content (AvgIpc) is 2.24. The molecule has 0 aromatic heterocycles. The summed E-state index contributed by atoms with van der Waals surface area (Å²) in [4.78, 5) is 11.1. The molecule has 106 valence electrons. The van der Waals surface area contributed by atoms with Gasteiger partial charge in [-0.15, -0.1) is 18.6 Å². The van der Waals surface area contributed by atoms with Crippen molar-refractivity contribution in [2.75, 3.05) is 7.11 Å². The van der Waals surface area contributed by atoms with E-state index < -0.39 is 36.1 Å². The summed E-state index contributed by atoms with van der Waals surface area (Å²) in [5, 5.41) is 0. The first-order valence-corrected chi connectivity index (χ1v) is 4.72. The van der Waals surface area contributed by atoms with Gasteiger partial charge in [0.05, 0.1) is 12.7 Å². The minimum Gasteiger partial charge on any atom is -0.465 e. The molecule has 0 N–H and O–H groups in total. The fourth-order valence-electron chi connectivity index (χ4n) is 1.24. The number of esters is 1. The summed E-state index contributed by atoms with van der Waals surface area (Å²) in [5.41, 5.74) is -2.07. The Morgan fingerprint density at radius 3 is 2.10 bits per heavy atom. The van der Waals surface area contributed by atoms with Crippen LogP contribution in [0.15, 0.2) is 18.2 Å². The van der Waals surface area contributed by atoms with Crippen molar-refractivity contribution in [3.05, 3.63) is 23.8 Å². The number of carbonyl (C=O) groups excluding carboxylic acids is 1. The Morgan fingerprint density at radius 1 is 1.15 bits per heavy atom. The molecule has 0 saturated heterocycles. The van der Waals surface area contributed by atoms with Crippen LogP contribution < -0.4 is 61.6 Å². The van der Waals surface area contributed by atoms with Crippen molar-refractivity contribution in [3.8, 4) is 5.75 Å². The van der Waals surface area contributed by atoms with Gasteiger partial charge in [-0.3, -0.25) is 0 Å². The fourth-order valence-corrected chi connectivity index (χ4v) is 1.24. The molecule has 0 atom stereocenters. The quantitative estimate of drug-likeness (QED) is 0.424. The van der Waals surface area contributed by atoms with Crippen LogP contribution in [0.4, 0.5) is 26.1 Å². The van der Waals surface area contributed by atoms with E-state index in [0.29, 0.717) is 12.1 Å². The molecule has 1 aromatic carbocycles. The third-order valence-electron chi connectivity index (χ3n) is 1.96. The summed E-state index contributed by atoms with van der Waals surface area (Å²) < 4.78 is 81.0. The van der Waals surface area contributed by atoms with E-state index in [1.807, 2.05) is 0 Å². The Hall–Kier alpha value is -0.229. The number of methoxy groups -OCH3 is 1. The van der Waals surface area contributed by atoms with Crippen molar-refractivity contribution in [1.82, 2.24) is 0 Å². The zero-order valence-corrected chi connectivity index (χ0v) is 13.4. The maximum atomic E-state index is 12.5. The molecular weight excluding hydrogens is 320 g/mol. The summed E-state index contributed by atoms with van der Waals surface area (Å²) in [6.07, 6.45) is -5.16. The van der Waals surface area contributed by atoms with Gasteiger partial charge in [0, 0.05) is 0 Å². The van der Waals surface area contributed by atoms with Gasteiger partial charge in [-0.25, -0.2) is 4.79 Å². The molecule has 0 bridgehead atoms. The molecule has 20 heavy (non-hydrogen) atoms. The van der Waals surface area contributed by atoms with Crippen LogP contribution >= 0.6 is 0 Å². The number of alkyl halides is 3. The molecule has 1 rings (SSSR count). The Balaban J connectivity index is 0.00000361. The monoisotopic (exact) mass is 326 g/mol. The molecule has 0 saturated carbocycles. The summed E-state index contributed by atoms with van der Waals surface area (Å²) in [7, 11) is 0.887. The van der Waals surface area contributed by atoms with E-state index in [1.54, 1.807) is 0 Å². The molecule has 0 radical (unpaired) electrons. The molecule has 3 nitrogen and oxygen atoms in total. The van der Waals surface area contributed by atoms with Crippen LogP contribution in [-0.4, -0.2) is 26.4 Å². The second-order valence-corrected chi connectivity index (χ2v) is 3.40. The van der Waals surface area contributed by atoms with Gasteiger partial charge in [-0.05, 0) is 12.1 Å². The molecule has 0 fully saturated rings.